The van der Waals surface area contributed by atoms with Crippen LogP contribution in [0.15, 0.2) is 79.1 Å². The van der Waals surface area contributed by atoms with E-state index in [2.05, 4.69) is 10.4 Å². The molecular weight excluding hydrogens is 500 g/mol. The van der Waals surface area contributed by atoms with Crippen molar-refractivity contribution in [2.75, 3.05) is 23.4 Å². The summed E-state index contributed by atoms with van der Waals surface area (Å²) in [5.41, 5.74) is 5.05. The van der Waals surface area contributed by atoms with E-state index in [0.29, 0.717) is 29.4 Å². The molecule has 0 fully saturated rings. The number of ether oxygens (including phenoxy) is 1. The van der Waals surface area contributed by atoms with Gasteiger partial charge < -0.3 is 15.0 Å². The maximum atomic E-state index is 13.6. The van der Waals surface area contributed by atoms with Gasteiger partial charge in [-0.15, -0.1) is 0 Å². The lowest BCUT2D eigenvalue weighted by molar-refractivity contribution is -0.114. The highest BCUT2D eigenvalue weighted by Crippen LogP contribution is 2.40. The van der Waals surface area contributed by atoms with Crippen LogP contribution in [0.2, 0.25) is 5.02 Å². The van der Waals surface area contributed by atoms with Crippen LogP contribution >= 0.6 is 11.6 Å². The van der Waals surface area contributed by atoms with Crippen molar-refractivity contribution >= 4 is 34.8 Å². The van der Waals surface area contributed by atoms with Gasteiger partial charge in [-0.1, -0.05) is 23.7 Å². The van der Waals surface area contributed by atoms with Crippen LogP contribution < -0.4 is 15.0 Å². The third kappa shape index (κ3) is 5.73. The number of nitrogens with one attached hydrogen (secondary N) is 1. The fourth-order valence-electron chi connectivity index (χ4n) is 4.82. The Hall–Kier alpha value is -4.10. The number of aromatic nitrogens is 2. The topological polar surface area (TPSA) is 76.5 Å². The predicted octanol–water partition coefficient (Wildman–Crippen LogP) is 6.22. The molecule has 2 heterocycles. The molecule has 0 aliphatic carbocycles. The Balaban J connectivity index is 1.33. The molecule has 0 atom stereocenters. The van der Waals surface area contributed by atoms with E-state index in [1.807, 2.05) is 76.4 Å². The Bertz CT molecular complexity index is 1430. The number of nitrogens with zero attached hydrogens (tertiary/aromatic N) is 3. The highest BCUT2D eigenvalue weighted by Gasteiger charge is 2.26. The lowest BCUT2D eigenvalue weighted by Gasteiger charge is -2.31. The van der Waals surface area contributed by atoms with Gasteiger partial charge in [0.25, 0.3) is 5.91 Å². The van der Waals surface area contributed by atoms with E-state index < -0.39 is 0 Å². The molecule has 0 spiro atoms. The number of fused-ring (bicyclic) bond motifs is 1. The van der Waals surface area contributed by atoms with E-state index in [1.165, 1.54) is 6.92 Å². The highest BCUT2D eigenvalue weighted by molar-refractivity contribution is 6.31. The minimum absolute atomic E-state index is 0.0542. The average Bonchev–Trinajstić information content (AvgIpc) is 3.45. The van der Waals surface area contributed by atoms with Gasteiger partial charge in [0.05, 0.1) is 6.61 Å². The molecule has 7 nitrogen and oxygen atoms in total. The van der Waals surface area contributed by atoms with E-state index >= 15 is 0 Å². The average molecular weight is 529 g/mol. The van der Waals surface area contributed by atoms with E-state index in [4.69, 9.17) is 16.3 Å². The maximum Gasteiger partial charge on any atom is 0.258 e. The van der Waals surface area contributed by atoms with Crippen molar-refractivity contribution in [3.8, 4) is 16.9 Å². The number of carbonyl (C=O) groups is 2. The minimum atomic E-state index is -0.152. The number of amides is 2. The quantitative estimate of drug-likeness (QED) is 0.275. The third-order valence-electron chi connectivity index (χ3n) is 6.54. The molecule has 0 unspecified atom stereocenters. The van der Waals surface area contributed by atoms with Crippen LogP contribution in [0.4, 0.5) is 11.4 Å². The summed E-state index contributed by atoms with van der Waals surface area (Å²) in [5, 5.41) is 7.68. The van der Waals surface area contributed by atoms with Gasteiger partial charge in [-0.2, -0.15) is 5.10 Å². The summed E-state index contributed by atoms with van der Waals surface area (Å²) >= 11 is 6.33. The van der Waals surface area contributed by atoms with Crippen molar-refractivity contribution in [1.29, 1.82) is 0 Å². The van der Waals surface area contributed by atoms with Gasteiger partial charge in [-0.05, 0) is 78.6 Å². The van der Waals surface area contributed by atoms with Crippen molar-refractivity contribution in [3.05, 3.63) is 95.3 Å². The first kappa shape index (κ1) is 25.5. The highest BCUT2D eigenvalue weighted by atomic mass is 35.5. The number of carbonyl (C=O) groups excluding carboxylic acids is 2. The van der Waals surface area contributed by atoms with E-state index in [1.54, 1.807) is 12.3 Å². The van der Waals surface area contributed by atoms with Gasteiger partial charge in [0, 0.05) is 66.4 Å². The zero-order chi connectivity index (χ0) is 26.5. The van der Waals surface area contributed by atoms with Gasteiger partial charge in [-0.25, -0.2) is 0 Å². The summed E-state index contributed by atoms with van der Waals surface area (Å²) in [5.74, 6) is 0.525. The summed E-state index contributed by atoms with van der Waals surface area (Å²) in [6, 6.07) is 20.6. The van der Waals surface area contributed by atoms with Crippen LogP contribution in [0.5, 0.6) is 5.75 Å². The van der Waals surface area contributed by atoms with Crippen LogP contribution in [0.1, 0.15) is 35.7 Å². The SMILES string of the molecule is CC(=O)Nc1ccc(Cl)cc1-c1cccc2c1CCCN2C(=O)c1ccc(OCCCn2cccn2)cc1. The first-order valence-corrected chi connectivity index (χ1v) is 13.1. The number of benzene rings is 3. The van der Waals surface area contributed by atoms with Crippen LogP contribution in [-0.2, 0) is 17.8 Å². The fraction of sp³-hybridized carbons (Fsp3) is 0.233. The molecule has 5 rings (SSSR count). The summed E-state index contributed by atoms with van der Waals surface area (Å²) in [6.45, 7) is 3.48. The Morgan fingerprint density at radius 2 is 1.89 bits per heavy atom. The Morgan fingerprint density at radius 1 is 1.05 bits per heavy atom. The molecular formula is C30H29ClN4O3. The third-order valence-corrected chi connectivity index (χ3v) is 6.77. The smallest absolute Gasteiger partial charge is 0.258 e. The van der Waals surface area contributed by atoms with Crippen molar-refractivity contribution in [1.82, 2.24) is 9.78 Å². The van der Waals surface area contributed by atoms with Crippen LogP contribution in [0.25, 0.3) is 11.1 Å². The molecule has 194 valence electrons. The molecule has 38 heavy (non-hydrogen) atoms. The maximum absolute atomic E-state index is 13.6. The summed E-state index contributed by atoms with van der Waals surface area (Å²) in [4.78, 5) is 27.2. The second-order valence-corrected chi connectivity index (χ2v) is 9.67. The molecule has 0 saturated carbocycles. The molecule has 3 aromatic carbocycles. The van der Waals surface area contributed by atoms with Gasteiger partial charge in [-0.3, -0.25) is 14.3 Å². The molecule has 4 aromatic rings. The molecule has 1 N–H and O–H groups in total. The Labute approximate surface area is 227 Å². The molecule has 2 amide bonds. The van der Waals surface area contributed by atoms with Crippen molar-refractivity contribution in [2.24, 2.45) is 0 Å². The Kier molecular flexibility index (Phi) is 7.75. The molecule has 8 heteroatoms. The Morgan fingerprint density at radius 3 is 2.66 bits per heavy atom. The van der Waals surface area contributed by atoms with E-state index in [-0.39, 0.29) is 11.8 Å². The van der Waals surface area contributed by atoms with E-state index in [0.717, 1.165) is 53.9 Å². The molecule has 1 aliphatic rings. The monoisotopic (exact) mass is 528 g/mol. The molecule has 1 aliphatic heterocycles. The first-order valence-electron chi connectivity index (χ1n) is 12.7. The summed E-state index contributed by atoms with van der Waals surface area (Å²) in [6.07, 6.45) is 6.19. The zero-order valence-corrected chi connectivity index (χ0v) is 21.9. The lowest BCUT2D eigenvalue weighted by Crippen LogP contribution is -2.35. The number of hydrogen-bond donors (Lipinski definition) is 1. The van der Waals surface area contributed by atoms with Crippen LogP contribution in [0.3, 0.4) is 0 Å². The molecule has 0 bridgehead atoms. The zero-order valence-electron chi connectivity index (χ0n) is 21.2. The normalized spacial score (nSPS) is 12.6. The van der Waals surface area contributed by atoms with Gasteiger partial charge in [0.1, 0.15) is 5.75 Å². The molecule has 1 aromatic heterocycles. The van der Waals surface area contributed by atoms with Gasteiger partial charge in [0.15, 0.2) is 0 Å². The standard InChI is InChI=1S/C30H29ClN4O3/c1-21(36)33-28-14-11-23(31)20-27(28)25-6-2-8-29-26(25)7-3-18-35(29)30(37)22-9-12-24(13-10-22)38-19-5-17-34-16-4-15-32-34/h2,4,6,8-16,20H,3,5,7,17-19H2,1H3,(H,33,36). The minimum Gasteiger partial charge on any atom is -0.494 e. The fourth-order valence-corrected chi connectivity index (χ4v) is 5.00. The second kappa shape index (κ2) is 11.5. The number of halogens is 1. The summed E-state index contributed by atoms with van der Waals surface area (Å²) < 4.78 is 7.72. The van der Waals surface area contributed by atoms with Crippen molar-refractivity contribution in [3.63, 3.8) is 0 Å². The summed E-state index contributed by atoms with van der Waals surface area (Å²) in [7, 11) is 0. The molecule has 0 saturated heterocycles. The first-order chi connectivity index (χ1) is 18.5. The number of hydrogen-bond acceptors (Lipinski definition) is 4. The predicted molar refractivity (Wildman–Crippen MR) is 150 cm³/mol. The van der Waals surface area contributed by atoms with Crippen LogP contribution in [0, 0.1) is 0 Å². The number of aryl methyl sites for hydroxylation is 1. The van der Waals surface area contributed by atoms with E-state index in [9.17, 15) is 9.59 Å². The number of rotatable bonds is 8. The molecule has 0 radical (unpaired) electrons. The lowest BCUT2D eigenvalue weighted by atomic mass is 9.91. The van der Waals surface area contributed by atoms with Gasteiger partial charge >= 0.3 is 0 Å². The largest absolute Gasteiger partial charge is 0.494 e. The van der Waals surface area contributed by atoms with Gasteiger partial charge in [0.2, 0.25) is 5.91 Å². The van der Waals surface area contributed by atoms with Crippen molar-refractivity contribution in [2.45, 2.75) is 32.7 Å². The van der Waals surface area contributed by atoms with Crippen molar-refractivity contribution < 1.29 is 14.3 Å². The second-order valence-electron chi connectivity index (χ2n) is 9.23. The number of anilines is 2. The van der Waals surface area contributed by atoms with Crippen LogP contribution in [-0.4, -0.2) is 34.7 Å².